The molecule has 0 aliphatic rings. The van der Waals surface area contributed by atoms with E-state index in [4.69, 9.17) is 23.2 Å². The van der Waals surface area contributed by atoms with E-state index < -0.39 is 27.4 Å². The fraction of sp³-hybridized carbons (Fsp3) is 0.167. The molecule has 0 aliphatic carbocycles. The second-order valence-electron chi connectivity index (χ2n) is 6.09. The number of nitrogens with one attached hydrogen (secondary N) is 1. The van der Waals surface area contributed by atoms with E-state index in [2.05, 4.69) is 9.97 Å². The molecule has 9 heteroatoms. The summed E-state index contributed by atoms with van der Waals surface area (Å²) in [6, 6.07) is 8.22. The van der Waals surface area contributed by atoms with E-state index >= 15 is 0 Å². The molecule has 0 saturated carbocycles. The van der Waals surface area contributed by atoms with Crippen molar-refractivity contribution in [1.82, 2.24) is 9.97 Å². The van der Waals surface area contributed by atoms with Crippen molar-refractivity contribution in [2.75, 3.05) is 6.26 Å². The third kappa shape index (κ3) is 4.00. The molecule has 0 saturated heterocycles. The Morgan fingerprint density at radius 2 is 1.48 bits per heavy atom. The van der Waals surface area contributed by atoms with E-state index in [0.717, 1.165) is 6.26 Å². The Balaban J connectivity index is 2.24. The number of imidazole rings is 1. The average Bonchev–Trinajstić information content (AvgIpc) is 2.96. The Labute approximate surface area is 165 Å². The molecule has 0 radical (unpaired) electrons. The molecule has 0 atom stereocenters. The van der Waals surface area contributed by atoms with Crippen LogP contribution in [0.25, 0.3) is 0 Å². The van der Waals surface area contributed by atoms with Crippen LogP contribution < -0.4 is 0 Å². The number of halogens is 4. The Morgan fingerprint density at radius 3 is 1.85 bits per heavy atom. The molecule has 142 valence electrons. The second-order valence-corrected chi connectivity index (χ2v) is 8.86. The molecular formula is C18H14Cl2F2N2O2S. The van der Waals surface area contributed by atoms with Gasteiger partial charge in [0, 0.05) is 6.26 Å². The zero-order chi connectivity index (χ0) is 19.9. The van der Waals surface area contributed by atoms with Crippen LogP contribution in [0.5, 0.6) is 0 Å². The van der Waals surface area contributed by atoms with Crippen LogP contribution in [0.4, 0.5) is 8.78 Å². The van der Waals surface area contributed by atoms with Crippen LogP contribution in [0.3, 0.4) is 0 Å². The molecule has 0 amide bonds. The summed E-state index contributed by atoms with van der Waals surface area (Å²) in [5.41, 5.74) is 1.37. The lowest BCUT2D eigenvalue weighted by atomic mass is 9.90. The highest BCUT2D eigenvalue weighted by atomic mass is 35.5. The first-order chi connectivity index (χ1) is 12.6. The number of H-pyrrole nitrogens is 1. The Kier molecular flexibility index (Phi) is 5.29. The first-order valence-corrected chi connectivity index (χ1v) is 10.4. The van der Waals surface area contributed by atoms with E-state index in [1.807, 2.05) is 0 Å². The monoisotopic (exact) mass is 430 g/mol. The van der Waals surface area contributed by atoms with Gasteiger partial charge in [-0.25, -0.2) is 22.2 Å². The van der Waals surface area contributed by atoms with Crippen molar-refractivity contribution in [2.24, 2.45) is 0 Å². The quantitative estimate of drug-likeness (QED) is 0.640. The van der Waals surface area contributed by atoms with Gasteiger partial charge in [0.1, 0.15) is 17.5 Å². The number of hydrogen-bond donors (Lipinski definition) is 1. The minimum absolute atomic E-state index is 0.0242. The molecule has 2 aromatic carbocycles. The highest BCUT2D eigenvalue weighted by Gasteiger charge is 2.25. The smallest absolute Gasteiger partial charge is 0.192 e. The normalized spacial score (nSPS) is 12.0. The number of aryl methyl sites for hydroxylation is 1. The highest BCUT2D eigenvalue weighted by Crippen LogP contribution is 2.35. The molecule has 27 heavy (non-hydrogen) atoms. The van der Waals surface area contributed by atoms with Crippen LogP contribution in [0.1, 0.15) is 28.6 Å². The van der Waals surface area contributed by atoms with Gasteiger partial charge in [-0.2, -0.15) is 0 Å². The number of rotatable bonds is 4. The maximum atomic E-state index is 13.6. The lowest BCUT2D eigenvalue weighted by Crippen LogP contribution is -2.07. The number of aromatic nitrogens is 2. The van der Waals surface area contributed by atoms with Gasteiger partial charge in [0.05, 0.1) is 21.7 Å². The molecule has 3 rings (SSSR count). The topological polar surface area (TPSA) is 62.8 Å². The maximum Gasteiger partial charge on any atom is 0.192 e. The van der Waals surface area contributed by atoms with Crippen LogP contribution in [0.2, 0.25) is 10.0 Å². The van der Waals surface area contributed by atoms with Crippen molar-refractivity contribution in [3.63, 3.8) is 0 Å². The maximum absolute atomic E-state index is 13.6. The summed E-state index contributed by atoms with van der Waals surface area (Å²) >= 11 is 11.8. The van der Waals surface area contributed by atoms with Gasteiger partial charge in [-0.15, -0.1) is 0 Å². The Morgan fingerprint density at radius 1 is 1.00 bits per heavy atom. The summed E-state index contributed by atoms with van der Waals surface area (Å²) in [6.07, 6.45) is 1.07. The summed E-state index contributed by atoms with van der Waals surface area (Å²) in [7, 11) is -3.53. The largest absolute Gasteiger partial charge is 0.332 e. The van der Waals surface area contributed by atoms with Gasteiger partial charge >= 0.3 is 0 Å². The van der Waals surface area contributed by atoms with E-state index in [9.17, 15) is 17.2 Å². The van der Waals surface area contributed by atoms with Gasteiger partial charge in [0.25, 0.3) is 0 Å². The van der Waals surface area contributed by atoms with Gasteiger partial charge in [-0.05, 0) is 42.3 Å². The zero-order valence-corrected chi connectivity index (χ0v) is 16.6. The number of benzene rings is 2. The van der Waals surface area contributed by atoms with Crippen LogP contribution >= 0.6 is 23.2 Å². The molecule has 0 unspecified atom stereocenters. The van der Waals surface area contributed by atoms with Crippen molar-refractivity contribution >= 4 is 33.0 Å². The van der Waals surface area contributed by atoms with Crippen molar-refractivity contribution < 1.29 is 17.2 Å². The van der Waals surface area contributed by atoms with Crippen molar-refractivity contribution in [3.05, 3.63) is 80.7 Å². The van der Waals surface area contributed by atoms with Crippen LogP contribution in [-0.2, 0) is 9.84 Å². The number of nitrogens with zero attached hydrogens (tertiary/aromatic N) is 1. The van der Waals surface area contributed by atoms with Gasteiger partial charge in [0.15, 0.2) is 14.9 Å². The SMILES string of the molecule is Cc1nc(C(c2ccc(F)c(Cl)c2)c2ccc(F)c(Cl)c2)[nH]c1S(C)(=O)=O. The van der Waals surface area contributed by atoms with E-state index in [1.165, 1.54) is 36.4 Å². The van der Waals surface area contributed by atoms with Crippen LogP contribution in [-0.4, -0.2) is 24.6 Å². The third-order valence-electron chi connectivity index (χ3n) is 4.06. The first kappa shape index (κ1) is 19.8. The molecule has 1 aromatic heterocycles. The summed E-state index contributed by atoms with van der Waals surface area (Å²) in [5.74, 6) is -1.55. The third-order valence-corrected chi connectivity index (χ3v) is 5.77. The number of aromatic amines is 1. The summed E-state index contributed by atoms with van der Waals surface area (Å²) in [5, 5.41) is -0.224. The first-order valence-electron chi connectivity index (χ1n) is 7.74. The molecule has 0 fully saturated rings. The minimum atomic E-state index is -3.53. The van der Waals surface area contributed by atoms with E-state index in [0.29, 0.717) is 22.6 Å². The molecule has 1 N–H and O–H groups in total. The summed E-state index contributed by atoms with van der Waals surface area (Å²) in [4.78, 5) is 7.14. The predicted octanol–water partition coefficient (Wildman–Crippen LogP) is 4.89. The molecule has 0 bridgehead atoms. The molecular weight excluding hydrogens is 417 g/mol. The molecule has 1 heterocycles. The summed E-state index contributed by atoms with van der Waals surface area (Å²) < 4.78 is 51.1. The van der Waals surface area contributed by atoms with Crippen molar-refractivity contribution in [2.45, 2.75) is 17.9 Å². The van der Waals surface area contributed by atoms with Gasteiger partial charge in [-0.3, -0.25) is 0 Å². The zero-order valence-electron chi connectivity index (χ0n) is 14.2. The summed E-state index contributed by atoms with van der Waals surface area (Å²) in [6.45, 7) is 1.56. The highest BCUT2D eigenvalue weighted by molar-refractivity contribution is 7.90. The average molecular weight is 431 g/mol. The Bertz CT molecular complexity index is 1080. The minimum Gasteiger partial charge on any atom is -0.332 e. The lowest BCUT2D eigenvalue weighted by molar-refractivity contribution is 0.598. The second kappa shape index (κ2) is 7.22. The van der Waals surface area contributed by atoms with E-state index in [1.54, 1.807) is 6.92 Å². The van der Waals surface area contributed by atoms with E-state index in [-0.39, 0.29) is 15.1 Å². The van der Waals surface area contributed by atoms with Crippen molar-refractivity contribution in [3.8, 4) is 0 Å². The van der Waals surface area contributed by atoms with Crippen LogP contribution in [0, 0.1) is 18.6 Å². The molecule has 0 aliphatic heterocycles. The lowest BCUT2D eigenvalue weighted by Gasteiger charge is -2.17. The molecule has 3 aromatic rings. The fourth-order valence-electron chi connectivity index (χ4n) is 2.86. The van der Waals surface area contributed by atoms with Crippen LogP contribution in [0.15, 0.2) is 41.4 Å². The Hall–Kier alpha value is -1.96. The number of hydrogen-bond acceptors (Lipinski definition) is 3. The standard InChI is InChI=1S/C18H14Cl2F2N2O2S/c1-9-18(27(2,25)26)24-17(23-9)16(10-3-5-14(21)12(19)7-10)11-4-6-15(22)13(20)8-11/h3-8,16H,1-2H3,(H,23,24). The van der Waals surface area contributed by atoms with Gasteiger partial charge < -0.3 is 4.98 Å². The molecule has 4 nitrogen and oxygen atoms in total. The van der Waals surface area contributed by atoms with Gasteiger partial charge in [-0.1, -0.05) is 35.3 Å². The fourth-order valence-corrected chi connectivity index (χ4v) is 4.11. The molecule has 0 spiro atoms. The number of sulfone groups is 1. The predicted molar refractivity (Wildman–Crippen MR) is 100 cm³/mol. The van der Waals surface area contributed by atoms with Crippen molar-refractivity contribution in [1.29, 1.82) is 0 Å². The van der Waals surface area contributed by atoms with Gasteiger partial charge in [0.2, 0.25) is 0 Å².